The maximum Gasteiger partial charge on any atom is 0.312 e. The molecule has 0 radical (unpaired) electrons. The second kappa shape index (κ2) is 7.88. The summed E-state index contributed by atoms with van der Waals surface area (Å²) in [4.78, 5) is 13.6. The number of benzene rings is 1. The van der Waals surface area contributed by atoms with Gasteiger partial charge in [-0.05, 0) is 25.1 Å². The van der Waals surface area contributed by atoms with Crippen LogP contribution < -0.4 is 0 Å². The fourth-order valence-electron chi connectivity index (χ4n) is 2.03. The van der Waals surface area contributed by atoms with Gasteiger partial charge in [0.2, 0.25) is 0 Å². The molecule has 0 aromatic heterocycles. The van der Waals surface area contributed by atoms with Crippen LogP contribution in [0.1, 0.15) is 38.2 Å². The van der Waals surface area contributed by atoms with Crippen LogP contribution in [-0.2, 0) is 4.79 Å². The van der Waals surface area contributed by atoms with E-state index in [1.54, 1.807) is 0 Å². The Bertz CT molecular complexity index is 351. The minimum atomic E-state index is -0.740. The number of unbranched alkanes of at least 4 members (excludes halogenated alkanes) is 1. The van der Waals surface area contributed by atoms with E-state index in [2.05, 4.69) is 18.7 Å². The number of nitrogens with zero attached hydrogens (tertiary/aromatic N) is 1. The molecular formula is C15H23NO2. The number of likely N-dealkylation sites (N-methyl/N-ethyl adjacent to an activating group) is 1. The summed E-state index contributed by atoms with van der Waals surface area (Å²) in [7, 11) is 0. The molecule has 1 N–H and O–H groups in total. The number of hydrogen-bond donors (Lipinski definition) is 1. The Morgan fingerprint density at radius 3 is 2.44 bits per heavy atom. The van der Waals surface area contributed by atoms with Crippen molar-refractivity contribution in [3.05, 3.63) is 35.9 Å². The lowest BCUT2D eigenvalue weighted by atomic mass is 9.98. The highest BCUT2D eigenvalue weighted by atomic mass is 16.4. The van der Waals surface area contributed by atoms with Crippen LogP contribution in [0.5, 0.6) is 0 Å². The van der Waals surface area contributed by atoms with Gasteiger partial charge >= 0.3 is 5.97 Å². The van der Waals surface area contributed by atoms with E-state index in [9.17, 15) is 9.90 Å². The molecule has 0 heterocycles. The van der Waals surface area contributed by atoms with Gasteiger partial charge in [-0.1, -0.05) is 50.6 Å². The molecule has 0 saturated carbocycles. The van der Waals surface area contributed by atoms with Crippen molar-refractivity contribution in [3.8, 4) is 0 Å². The van der Waals surface area contributed by atoms with Gasteiger partial charge in [-0.3, -0.25) is 4.79 Å². The molecule has 0 fully saturated rings. The van der Waals surface area contributed by atoms with E-state index in [0.29, 0.717) is 6.54 Å². The molecule has 0 amide bonds. The third-order valence-corrected chi connectivity index (χ3v) is 3.22. The standard InChI is InChI=1S/C15H23NO2/c1-3-5-11-16(4-2)12-14(15(17)18)13-9-7-6-8-10-13/h6-10,14H,3-5,11-12H2,1-2H3,(H,17,18). The maximum atomic E-state index is 11.4. The first-order chi connectivity index (χ1) is 8.69. The number of carbonyl (C=O) groups is 1. The van der Waals surface area contributed by atoms with Crippen molar-refractivity contribution in [2.24, 2.45) is 0 Å². The van der Waals surface area contributed by atoms with E-state index >= 15 is 0 Å². The molecular weight excluding hydrogens is 226 g/mol. The van der Waals surface area contributed by atoms with E-state index in [1.807, 2.05) is 30.3 Å². The maximum absolute atomic E-state index is 11.4. The van der Waals surface area contributed by atoms with Gasteiger partial charge in [0.05, 0.1) is 5.92 Å². The summed E-state index contributed by atoms with van der Waals surface area (Å²) in [5.41, 5.74) is 0.889. The molecule has 1 atom stereocenters. The number of hydrogen-bond acceptors (Lipinski definition) is 2. The smallest absolute Gasteiger partial charge is 0.312 e. The lowest BCUT2D eigenvalue weighted by molar-refractivity contribution is -0.139. The first-order valence-corrected chi connectivity index (χ1v) is 6.69. The predicted octanol–water partition coefficient (Wildman–Crippen LogP) is 2.98. The quantitative estimate of drug-likeness (QED) is 0.770. The fourth-order valence-corrected chi connectivity index (χ4v) is 2.03. The van der Waals surface area contributed by atoms with E-state index in [-0.39, 0.29) is 0 Å². The molecule has 1 rings (SSSR count). The van der Waals surface area contributed by atoms with Crippen molar-refractivity contribution in [2.45, 2.75) is 32.6 Å². The van der Waals surface area contributed by atoms with Crippen molar-refractivity contribution in [3.63, 3.8) is 0 Å². The predicted molar refractivity (Wildman–Crippen MR) is 73.8 cm³/mol. The minimum Gasteiger partial charge on any atom is -0.481 e. The summed E-state index contributed by atoms with van der Waals surface area (Å²) >= 11 is 0. The molecule has 1 aromatic rings. The van der Waals surface area contributed by atoms with E-state index in [0.717, 1.165) is 31.5 Å². The summed E-state index contributed by atoms with van der Waals surface area (Å²) < 4.78 is 0. The highest BCUT2D eigenvalue weighted by Crippen LogP contribution is 2.17. The number of rotatable bonds is 8. The SMILES string of the molecule is CCCCN(CC)CC(C(=O)O)c1ccccc1. The molecule has 1 unspecified atom stereocenters. The zero-order valence-corrected chi connectivity index (χ0v) is 11.3. The third-order valence-electron chi connectivity index (χ3n) is 3.22. The summed E-state index contributed by atoms with van der Waals surface area (Å²) in [6.45, 7) is 6.70. The van der Waals surface area contributed by atoms with Crippen LogP contribution in [0.3, 0.4) is 0 Å². The van der Waals surface area contributed by atoms with Crippen LogP contribution in [0.15, 0.2) is 30.3 Å². The Morgan fingerprint density at radius 2 is 1.94 bits per heavy atom. The van der Waals surface area contributed by atoms with Crippen molar-refractivity contribution in [1.29, 1.82) is 0 Å². The van der Waals surface area contributed by atoms with E-state index in [4.69, 9.17) is 0 Å². The van der Waals surface area contributed by atoms with Crippen LogP contribution in [0.4, 0.5) is 0 Å². The zero-order chi connectivity index (χ0) is 13.4. The van der Waals surface area contributed by atoms with Gasteiger partial charge in [0, 0.05) is 6.54 Å². The van der Waals surface area contributed by atoms with Gasteiger partial charge in [0.1, 0.15) is 0 Å². The van der Waals surface area contributed by atoms with Crippen molar-refractivity contribution < 1.29 is 9.90 Å². The van der Waals surface area contributed by atoms with Crippen LogP contribution in [0.2, 0.25) is 0 Å². The third kappa shape index (κ3) is 4.49. The molecule has 0 aliphatic rings. The van der Waals surface area contributed by atoms with E-state index in [1.165, 1.54) is 0 Å². The van der Waals surface area contributed by atoms with Gasteiger partial charge in [-0.15, -0.1) is 0 Å². The van der Waals surface area contributed by atoms with Crippen LogP contribution in [0, 0.1) is 0 Å². The number of carboxylic acid groups (broad SMARTS) is 1. The first kappa shape index (κ1) is 14.7. The van der Waals surface area contributed by atoms with Crippen LogP contribution >= 0.6 is 0 Å². The number of aliphatic carboxylic acids is 1. The van der Waals surface area contributed by atoms with E-state index < -0.39 is 11.9 Å². The molecule has 0 spiro atoms. The van der Waals surface area contributed by atoms with Gasteiger partial charge < -0.3 is 10.0 Å². The van der Waals surface area contributed by atoms with Gasteiger partial charge in [-0.25, -0.2) is 0 Å². The Morgan fingerprint density at radius 1 is 1.28 bits per heavy atom. The molecule has 3 nitrogen and oxygen atoms in total. The Kier molecular flexibility index (Phi) is 6.44. The summed E-state index contributed by atoms with van der Waals surface area (Å²) in [6, 6.07) is 9.50. The fraction of sp³-hybridized carbons (Fsp3) is 0.533. The van der Waals surface area contributed by atoms with Crippen LogP contribution in [-0.4, -0.2) is 35.6 Å². The Labute approximate surface area is 109 Å². The minimum absolute atomic E-state index is 0.428. The molecule has 3 heteroatoms. The summed E-state index contributed by atoms with van der Waals surface area (Å²) in [6.07, 6.45) is 2.26. The highest BCUT2D eigenvalue weighted by molar-refractivity contribution is 5.76. The van der Waals surface area contributed by atoms with Crippen LogP contribution in [0.25, 0.3) is 0 Å². The summed E-state index contributed by atoms with van der Waals surface area (Å²) in [5, 5.41) is 9.37. The molecule has 0 aliphatic carbocycles. The highest BCUT2D eigenvalue weighted by Gasteiger charge is 2.21. The molecule has 0 aliphatic heterocycles. The van der Waals surface area contributed by atoms with Gasteiger partial charge in [0.25, 0.3) is 0 Å². The zero-order valence-electron chi connectivity index (χ0n) is 11.3. The number of carboxylic acids is 1. The topological polar surface area (TPSA) is 40.5 Å². The molecule has 18 heavy (non-hydrogen) atoms. The monoisotopic (exact) mass is 249 g/mol. The lowest BCUT2D eigenvalue weighted by Crippen LogP contribution is -2.32. The van der Waals surface area contributed by atoms with Crippen molar-refractivity contribution in [2.75, 3.05) is 19.6 Å². The average molecular weight is 249 g/mol. The average Bonchev–Trinajstić information content (AvgIpc) is 2.39. The Hall–Kier alpha value is -1.35. The van der Waals surface area contributed by atoms with Crippen molar-refractivity contribution >= 4 is 5.97 Å². The molecule has 0 saturated heterocycles. The largest absolute Gasteiger partial charge is 0.481 e. The van der Waals surface area contributed by atoms with Gasteiger partial charge in [-0.2, -0.15) is 0 Å². The second-order valence-electron chi connectivity index (χ2n) is 4.55. The molecule has 1 aromatic carbocycles. The molecule has 0 bridgehead atoms. The first-order valence-electron chi connectivity index (χ1n) is 6.69. The Balaban J connectivity index is 2.71. The normalized spacial score (nSPS) is 12.6. The summed E-state index contributed by atoms with van der Waals surface area (Å²) in [5.74, 6) is -1.17. The molecule has 100 valence electrons. The second-order valence-corrected chi connectivity index (χ2v) is 4.55. The van der Waals surface area contributed by atoms with Crippen molar-refractivity contribution in [1.82, 2.24) is 4.90 Å². The van der Waals surface area contributed by atoms with Gasteiger partial charge in [0.15, 0.2) is 0 Å². The lowest BCUT2D eigenvalue weighted by Gasteiger charge is -2.24.